The number of ketones is 1. The molecule has 138 valence electrons. The van der Waals surface area contributed by atoms with E-state index in [1.54, 1.807) is 31.4 Å². The second kappa shape index (κ2) is 9.24. The molecule has 0 spiro atoms. The number of allylic oxidation sites excluding steroid dienone is 1. The maximum absolute atomic E-state index is 12.3. The van der Waals surface area contributed by atoms with Crippen molar-refractivity contribution in [2.45, 2.75) is 11.5 Å². The maximum atomic E-state index is 12.3. The van der Waals surface area contributed by atoms with Crippen molar-refractivity contribution in [3.63, 3.8) is 0 Å². The first-order chi connectivity index (χ1) is 12.5. The number of carbonyl (C=O) groups excluding carboxylic acids is 1. The molecular formula is C19H18F2O4S. The Hall–Kier alpha value is -2.54. The maximum Gasteiger partial charge on any atom is 0.387 e. The molecule has 0 heterocycles. The lowest BCUT2D eigenvalue weighted by Crippen LogP contribution is -2.03. The number of benzene rings is 2. The zero-order valence-corrected chi connectivity index (χ0v) is 15.3. The highest BCUT2D eigenvalue weighted by Crippen LogP contribution is 2.30. The van der Waals surface area contributed by atoms with Crippen LogP contribution in [0, 0.1) is 0 Å². The van der Waals surface area contributed by atoms with Gasteiger partial charge in [0.2, 0.25) is 0 Å². The summed E-state index contributed by atoms with van der Waals surface area (Å²) >= 11 is 1.53. The molecule has 0 fully saturated rings. The molecule has 0 unspecified atom stereocenters. The molecule has 26 heavy (non-hydrogen) atoms. The van der Waals surface area contributed by atoms with Crippen molar-refractivity contribution in [3.8, 4) is 17.2 Å². The molecule has 0 saturated carbocycles. The average Bonchev–Trinajstić information content (AvgIpc) is 2.65. The van der Waals surface area contributed by atoms with Crippen LogP contribution >= 0.6 is 11.8 Å². The second-order valence-corrected chi connectivity index (χ2v) is 5.90. The first-order valence-corrected chi connectivity index (χ1v) is 8.78. The van der Waals surface area contributed by atoms with Crippen LogP contribution in [-0.2, 0) is 0 Å². The Labute approximate surface area is 154 Å². The van der Waals surface area contributed by atoms with Gasteiger partial charge >= 0.3 is 6.61 Å². The van der Waals surface area contributed by atoms with Gasteiger partial charge in [-0.05, 0) is 48.2 Å². The Bertz CT molecular complexity index is 806. The van der Waals surface area contributed by atoms with Crippen LogP contribution in [0.4, 0.5) is 8.78 Å². The number of rotatable bonds is 8. The van der Waals surface area contributed by atoms with Crippen LogP contribution in [0.2, 0.25) is 0 Å². The quantitative estimate of drug-likeness (QED) is 0.369. The van der Waals surface area contributed by atoms with Crippen molar-refractivity contribution in [3.05, 3.63) is 53.6 Å². The number of hydrogen-bond donors (Lipinski definition) is 0. The summed E-state index contributed by atoms with van der Waals surface area (Å²) in [5.41, 5.74) is 1.10. The zero-order chi connectivity index (χ0) is 19.1. The summed E-state index contributed by atoms with van der Waals surface area (Å²) in [7, 11) is 2.90. The molecule has 0 bridgehead atoms. The predicted octanol–water partition coefficient (Wildman–Crippen LogP) is 4.92. The number of halogens is 2. The number of carbonyl (C=O) groups is 1. The molecular weight excluding hydrogens is 362 g/mol. The van der Waals surface area contributed by atoms with Crippen molar-refractivity contribution in [1.29, 1.82) is 0 Å². The summed E-state index contributed by atoms with van der Waals surface area (Å²) in [4.78, 5) is 13.3. The van der Waals surface area contributed by atoms with Crippen molar-refractivity contribution in [1.82, 2.24) is 0 Å². The van der Waals surface area contributed by atoms with Crippen LogP contribution in [-0.4, -0.2) is 32.9 Å². The fourth-order valence-electron chi connectivity index (χ4n) is 2.24. The fourth-order valence-corrected chi connectivity index (χ4v) is 2.79. The minimum Gasteiger partial charge on any atom is -0.496 e. The number of hydrogen-bond acceptors (Lipinski definition) is 5. The highest BCUT2D eigenvalue weighted by atomic mass is 32.2. The van der Waals surface area contributed by atoms with Gasteiger partial charge < -0.3 is 14.2 Å². The topological polar surface area (TPSA) is 44.8 Å². The Morgan fingerprint density at radius 2 is 1.77 bits per heavy atom. The molecule has 0 atom stereocenters. The summed E-state index contributed by atoms with van der Waals surface area (Å²) in [5, 5.41) is 0. The van der Waals surface area contributed by atoms with Crippen molar-refractivity contribution in [2.75, 3.05) is 20.5 Å². The largest absolute Gasteiger partial charge is 0.496 e. The summed E-state index contributed by atoms with van der Waals surface area (Å²) < 4.78 is 39.4. The SMILES string of the molecule is COc1cc(C=CC(=O)c2ccc(SC)c(OC)c2)ccc1OC(F)F. The normalized spacial score (nSPS) is 11.0. The van der Waals surface area contributed by atoms with Gasteiger partial charge in [0.05, 0.1) is 14.2 Å². The van der Waals surface area contributed by atoms with Crippen LogP contribution < -0.4 is 14.2 Å². The minimum absolute atomic E-state index is 0.0663. The summed E-state index contributed by atoms with van der Waals surface area (Å²) in [6.07, 6.45) is 4.90. The van der Waals surface area contributed by atoms with Crippen molar-refractivity contribution >= 4 is 23.6 Å². The van der Waals surface area contributed by atoms with Gasteiger partial charge in [-0.1, -0.05) is 12.1 Å². The third-order valence-corrected chi connectivity index (χ3v) is 4.28. The number of alkyl halides is 2. The van der Waals surface area contributed by atoms with E-state index in [4.69, 9.17) is 9.47 Å². The van der Waals surface area contributed by atoms with E-state index in [9.17, 15) is 13.6 Å². The molecule has 0 aromatic heterocycles. The van der Waals surface area contributed by atoms with E-state index < -0.39 is 6.61 Å². The first kappa shape index (κ1) is 19.8. The minimum atomic E-state index is -2.94. The van der Waals surface area contributed by atoms with Crippen LogP contribution in [0.15, 0.2) is 47.4 Å². The van der Waals surface area contributed by atoms with E-state index in [1.807, 2.05) is 12.3 Å². The second-order valence-electron chi connectivity index (χ2n) is 5.06. The van der Waals surface area contributed by atoms with E-state index in [1.165, 1.54) is 37.1 Å². The molecule has 4 nitrogen and oxygen atoms in total. The van der Waals surface area contributed by atoms with Gasteiger partial charge in [0, 0.05) is 10.5 Å². The van der Waals surface area contributed by atoms with Crippen molar-refractivity contribution < 1.29 is 27.8 Å². The summed E-state index contributed by atoms with van der Waals surface area (Å²) in [5.74, 6) is 0.518. The Balaban J connectivity index is 2.20. The smallest absolute Gasteiger partial charge is 0.387 e. The molecule has 0 N–H and O–H groups in total. The summed E-state index contributed by atoms with van der Waals surface area (Å²) in [6.45, 7) is -2.94. The molecule has 0 saturated heterocycles. The molecule has 7 heteroatoms. The molecule has 2 rings (SSSR count). The third kappa shape index (κ3) is 4.98. The lowest BCUT2D eigenvalue weighted by molar-refractivity contribution is -0.0512. The number of thioether (sulfide) groups is 1. The van der Waals surface area contributed by atoms with E-state index in [0.29, 0.717) is 16.9 Å². The van der Waals surface area contributed by atoms with Crippen molar-refractivity contribution in [2.24, 2.45) is 0 Å². The van der Waals surface area contributed by atoms with Gasteiger partial charge in [0.15, 0.2) is 17.3 Å². The fraction of sp³-hybridized carbons (Fsp3) is 0.211. The van der Waals surface area contributed by atoms with Crippen LogP contribution in [0.5, 0.6) is 17.2 Å². The molecule has 2 aromatic rings. The van der Waals surface area contributed by atoms with E-state index in [2.05, 4.69) is 4.74 Å². The monoisotopic (exact) mass is 380 g/mol. The van der Waals surface area contributed by atoms with Crippen LogP contribution in [0.3, 0.4) is 0 Å². The van der Waals surface area contributed by atoms with Gasteiger partial charge in [-0.3, -0.25) is 4.79 Å². The Morgan fingerprint density at radius 3 is 2.38 bits per heavy atom. The van der Waals surface area contributed by atoms with E-state index in [0.717, 1.165) is 4.90 Å². The summed E-state index contributed by atoms with van der Waals surface area (Å²) in [6, 6.07) is 9.66. The van der Waals surface area contributed by atoms with Crippen LogP contribution in [0.25, 0.3) is 6.08 Å². The average molecular weight is 380 g/mol. The molecule has 0 amide bonds. The highest BCUT2D eigenvalue weighted by Gasteiger charge is 2.11. The highest BCUT2D eigenvalue weighted by molar-refractivity contribution is 7.98. The lowest BCUT2D eigenvalue weighted by Gasteiger charge is -2.10. The standard InChI is InChI=1S/C19H18F2O4S/c1-23-16-10-12(5-8-15(16)25-19(20)21)4-7-14(22)13-6-9-18(26-3)17(11-13)24-2/h4-11,19H,1-3H3. The van der Waals surface area contributed by atoms with Gasteiger partial charge in [-0.25, -0.2) is 0 Å². The van der Waals surface area contributed by atoms with E-state index in [-0.39, 0.29) is 17.3 Å². The Kier molecular flexibility index (Phi) is 7.03. The zero-order valence-electron chi connectivity index (χ0n) is 14.5. The first-order valence-electron chi connectivity index (χ1n) is 7.55. The Morgan fingerprint density at radius 1 is 1.04 bits per heavy atom. The number of methoxy groups -OCH3 is 2. The van der Waals surface area contributed by atoms with Gasteiger partial charge in [0.1, 0.15) is 5.75 Å². The van der Waals surface area contributed by atoms with Gasteiger partial charge in [-0.15, -0.1) is 11.8 Å². The van der Waals surface area contributed by atoms with Crippen LogP contribution in [0.1, 0.15) is 15.9 Å². The molecule has 0 radical (unpaired) electrons. The van der Waals surface area contributed by atoms with Gasteiger partial charge in [-0.2, -0.15) is 8.78 Å². The van der Waals surface area contributed by atoms with E-state index >= 15 is 0 Å². The molecule has 0 aliphatic rings. The predicted molar refractivity (Wildman–Crippen MR) is 97.8 cm³/mol. The third-order valence-electron chi connectivity index (χ3n) is 3.50. The molecule has 2 aromatic carbocycles. The van der Waals surface area contributed by atoms with Gasteiger partial charge in [0.25, 0.3) is 0 Å². The molecule has 0 aliphatic carbocycles. The number of ether oxygens (including phenoxy) is 3. The molecule has 0 aliphatic heterocycles. The lowest BCUT2D eigenvalue weighted by atomic mass is 10.1.